The fourth-order valence-corrected chi connectivity index (χ4v) is 1.42. The van der Waals surface area contributed by atoms with Gasteiger partial charge in [0.25, 0.3) is 5.91 Å². The SMILES string of the molecule is C#CCCCCNC(=O)ON1C(=O)CCC1O. The topological polar surface area (TPSA) is 78.9 Å². The van der Waals surface area contributed by atoms with Crippen LogP contribution in [0.5, 0.6) is 0 Å². The van der Waals surface area contributed by atoms with E-state index >= 15 is 0 Å². The highest BCUT2D eigenvalue weighted by atomic mass is 16.7. The van der Waals surface area contributed by atoms with E-state index in [2.05, 4.69) is 16.1 Å². The largest absolute Gasteiger partial charge is 0.431 e. The molecule has 1 aliphatic heterocycles. The van der Waals surface area contributed by atoms with Crippen LogP contribution >= 0.6 is 0 Å². The molecular weight excluding hydrogens is 224 g/mol. The van der Waals surface area contributed by atoms with Crippen LogP contribution in [0.2, 0.25) is 0 Å². The van der Waals surface area contributed by atoms with E-state index in [1.165, 1.54) is 0 Å². The van der Waals surface area contributed by atoms with Crippen LogP contribution in [0.15, 0.2) is 0 Å². The number of hydrogen-bond acceptors (Lipinski definition) is 4. The summed E-state index contributed by atoms with van der Waals surface area (Å²) in [5.74, 6) is 2.11. The van der Waals surface area contributed by atoms with Crippen LogP contribution in [0, 0.1) is 12.3 Å². The molecule has 0 aromatic heterocycles. The molecule has 94 valence electrons. The van der Waals surface area contributed by atoms with Gasteiger partial charge in [-0.1, -0.05) is 0 Å². The van der Waals surface area contributed by atoms with Gasteiger partial charge in [0.2, 0.25) is 0 Å². The van der Waals surface area contributed by atoms with Gasteiger partial charge in [-0.3, -0.25) is 4.79 Å². The summed E-state index contributed by atoms with van der Waals surface area (Å²) in [4.78, 5) is 27.1. The van der Waals surface area contributed by atoms with E-state index < -0.39 is 12.3 Å². The Morgan fingerprint density at radius 2 is 2.41 bits per heavy atom. The smallest absolute Gasteiger partial charge is 0.370 e. The van der Waals surface area contributed by atoms with Crippen LogP contribution in [0.1, 0.15) is 32.1 Å². The standard InChI is InChI=1S/C11H16N2O4/c1-2-3-4-5-8-12-11(16)17-13-9(14)6-7-10(13)15/h1,9,14H,3-8H2,(H,12,16). The number of amides is 2. The zero-order valence-electron chi connectivity index (χ0n) is 9.52. The summed E-state index contributed by atoms with van der Waals surface area (Å²) < 4.78 is 0. The van der Waals surface area contributed by atoms with Gasteiger partial charge in [-0.2, -0.15) is 0 Å². The van der Waals surface area contributed by atoms with Crippen LogP contribution in [0.4, 0.5) is 4.79 Å². The molecule has 0 radical (unpaired) electrons. The number of nitrogens with zero attached hydrogens (tertiary/aromatic N) is 1. The molecule has 6 nitrogen and oxygen atoms in total. The minimum Gasteiger partial charge on any atom is -0.370 e. The first-order valence-electron chi connectivity index (χ1n) is 5.54. The van der Waals surface area contributed by atoms with Crippen LogP contribution in [-0.4, -0.2) is 34.9 Å². The molecule has 1 aliphatic rings. The Kier molecular flexibility index (Phi) is 5.30. The van der Waals surface area contributed by atoms with Crippen molar-refractivity contribution in [2.75, 3.05) is 6.54 Å². The molecule has 1 heterocycles. The second-order valence-corrected chi connectivity index (χ2v) is 3.71. The zero-order chi connectivity index (χ0) is 12.7. The van der Waals surface area contributed by atoms with Gasteiger partial charge in [0.1, 0.15) is 0 Å². The third kappa shape index (κ3) is 4.33. The Labute approximate surface area is 99.9 Å². The van der Waals surface area contributed by atoms with Gasteiger partial charge in [-0.05, 0) is 12.8 Å². The molecule has 0 aromatic rings. The lowest BCUT2D eigenvalue weighted by Gasteiger charge is -2.18. The average Bonchev–Trinajstić information content (AvgIpc) is 2.60. The summed E-state index contributed by atoms with van der Waals surface area (Å²) >= 11 is 0. The van der Waals surface area contributed by atoms with Crippen molar-refractivity contribution >= 4 is 12.0 Å². The maximum absolute atomic E-state index is 11.2. The maximum Gasteiger partial charge on any atom is 0.431 e. The number of terminal acetylenes is 1. The molecule has 2 amide bonds. The van der Waals surface area contributed by atoms with Crippen LogP contribution in [0.3, 0.4) is 0 Å². The Bertz CT molecular complexity index is 324. The monoisotopic (exact) mass is 240 g/mol. The summed E-state index contributed by atoms with van der Waals surface area (Å²) in [6.45, 7) is 0.429. The number of nitrogens with one attached hydrogen (secondary N) is 1. The Morgan fingerprint density at radius 3 is 3.00 bits per heavy atom. The Balaban J connectivity index is 2.16. The predicted octanol–water partition coefficient (Wildman–Crippen LogP) is 0.372. The minimum absolute atomic E-state index is 0.191. The number of carbonyl (C=O) groups is 2. The third-order valence-electron chi connectivity index (χ3n) is 2.33. The molecule has 0 spiro atoms. The molecule has 2 N–H and O–H groups in total. The minimum atomic E-state index is -1.03. The summed E-state index contributed by atoms with van der Waals surface area (Å²) in [6, 6.07) is 0. The van der Waals surface area contributed by atoms with Gasteiger partial charge in [0.05, 0.1) is 0 Å². The second kappa shape index (κ2) is 6.76. The molecule has 1 saturated heterocycles. The molecule has 0 bridgehead atoms. The van der Waals surface area contributed by atoms with E-state index in [9.17, 15) is 14.7 Å². The first-order valence-corrected chi connectivity index (χ1v) is 5.54. The van der Waals surface area contributed by atoms with E-state index in [-0.39, 0.29) is 18.7 Å². The van der Waals surface area contributed by atoms with Crippen molar-refractivity contribution in [2.24, 2.45) is 0 Å². The van der Waals surface area contributed by atoms with Gasteiger partial charge < -0.3 is 15.3 Å². The van der Waals surface area contributed by atoms with Gasteiger partial charge in [0.15, 0.2) is 6.23 Å². The number of hydroxylamine groups is 2. The number of unbranched alkanes of at least 4 members (excludes halogenated alkanes) is 2. The Hall–Kier alpha value is -1.74. The van der Waals surface area contributed by atoms with Crippen LogP contribution < -0.4 is 5.32 Å². The average molecular weight is 240 g/mol. The molecule has 17 heavy (non-hydrogen) atoms. The molecule has 0 aliphatic carbocycles. The first kappa shape index (κ1) is 13.3. The number of hydrogen-bond donors (Lipinski definition) is 2. The lowest BCUT2D eigenvalue weighted by atomic mass is 10.2. The van der Waals surface area contributed by atoms with Crippen molar-refractivity contribution in [1.29, 1.82) is 0 Å². The van der Waals surface area contributed by atoms with Crippen molar-refractivity contribution in [2.45, 2.75) is 38.3 Å². The lowest BCUT2D eigenvalue weighted by Crippen LogP contribution is -2.39. The van der Waals surface area contributed by atoms with E-state index in [0.29, 0.717) is 18.0 Å². The van der Waals surface area contributed by atoms with Gasteiger partial charge in [-0.15, -0.1) is 17.4 Å². The summed E-state index contributed by atoms with van der Waals surface area (Å²) in [7, 11) is 0. The fraction of sp³-hybridized carbons (Fsp3) is 0.636. The predicted molar refractivity (Wildman–Crippen MR) is 59.3 cm³/mol. The molecule has 1 atom stereocenters. The third-order valence-corrected chi connectivity index (χ3v) is 2.33. The number of rotatable bonds is 5. The van der Waals surface area contributed by atoms with Crippen LogP contribution in [0.25, 0.3) is 0 Å². The highest BCUT2D eigenvalue weighted by Gasteiger charge is 2.32. The zero-order valence-corrected chi connectivity index (χ0v) is 9.52. The molecule has 1 fully saturated rings. The fourth-order valence-electron chi connectivity index (χ4n) is 1.42. The van der Waals surface area contributed by atoms with Crippen molar-refractivity contribution in [1.82, 2.24) is 10.4 Å². The second-order valence-electron chi connectivity index (χ2n) is 3.71. The molecule has 1 unspecified atom stereocenters. The van der Waals surface area contributed by atoms with Crippen LogP contribution in [-0.2, 0) is 9.63 Å². The quantitative estimate of drug-likeness (QED) is 0.537. The lowest BCUT2D eigenvalue weighted by molar-refractivity contribution is -0.189. The normalized spacial score (nSPS) is 18.9. The van der Waals surface area contributed by atoms with E-state index in [4.69, 9.17) is 6.42 Å². The number of carbonyl (C=O) groups excluding carboxylic acids is 2. The first-order chi connectivity index (χ1) is 8.15. The summed E-state index contributed by atoms with van der Waals surface area (Å²) in [5, 5.41) is 12.5. The molecule has 1 rings (SSSR count). The highest BCUT2D eigenvalue weighted by Crippen LogP contribution is 2.16. The summed E-state index contributed by atoms with van der Waals surface area (Å²) in [5.41, 5.74) is 0. The number of aliphatic hydroxyl groups is 1. The van der Waals surface area contributed by atoms with Gasteiger partial charge in [0, 0.05) is 25.8 Å². The molecule has 0 saturated carbocycles. The van der Waals surface area contributed by atoms with Crippen molar-refractivity contribution in [3.05, 3.63) is 0 Å². The maximum atomic E-state index is 11.2. The Morgan fingerprint density at radius 1 is 1.65 bits per heavy atom. The molecular formula is C11H16N2O4. The van der Waals surface area contributed by atoms with Gasteiger partial charge in [-0.25, -0.2) is 4.79 Å². The van der Waals surface area contributed by atoms with Gasteiger partial charge >= 0.3 is 6.09 Å². The molecule has 6 heteroatoms. The highest BCUT2D eigenvalue weighted by molar-refractivity contribution is 5.79. The van der Waals surface area contributed by atoms with E-state index in [1.807, 2.05) is 0 Å². The van der Waals surface area contributed by atoms with Crippen molar-refractivity contribution in [3.8, 4) is 12.3 Å². The van der Waals surface area contributed by atoms with Crippen molar-refractivity contribution < 1.29 is 19.5 Å². The van der Waals surface area contributed by atoms with E-state index in [1.54, 1.807) is 0 Å². The summed E-state index contributed by atoms with van der Waals surface area (Å²) in [6.07, 6.45) is 6.02. The van der Waals surface area contributed by atoms with Crippen molar-refractivity contribution in [3.63, 3.8) is 0 Å². The molecule has 0 aromatic carbocycles. The van der Waals surface area contributed by atoms with E-state index in [0.717, 1.165) is 12.8 Å². The number of aliphatic hydroxyl groups excluding tert-OH is 1.